The van der Waals surface area contributed by atoms with Gasteiger partial charge >= 0.3 is 0 Å². The van der Waals surface area contributed by atoms with E-state index in [-0.39, 0.29) is 5.41 Å². The van der Waals surface area contributed by atoms with Gasteiger partial charge in [-0.1, -0.05) is 166 Å². The summed E-state index contributed by atoms with van der Waals surface area (Å²) in [4.78, 5) is 2.42. The van der Waals surface area contributed by atoms with Crippen LogP contribution >= 0.6 is 0 Å². The van der Waals surface area contributed by atoms with Crippen molar-refractivity contribution in [3.8, 4) is 39.1 Å². The summed E-state index contributed by atoms with van der Waals surface area (Å²) in [5.41, 5.74) is 18.4. The molecule has 302 valence electrons. The molecule has 3 heteroatoms. The van der Waals surface area contributed by atoms with Gasteiger partial charge in [0.05, 0.1) is 16.7 Å². The number of hydrogen-bond acceptors (Lipinski definition) is 2. The highest BCUT2D eigenvalue weighted by Crippen LogP contribution is 2.50. The fourth-order valence-electron chi connectivity index (χ4n) is 10.7. The Labute approximate surface area is 371 Å². The van der Waals surface area contributed by atoms with E-state index in [0.717, 1.165) is 55.8 Å². The van der Waals surface area contributed by atoms with Crippen LogP contribution in [0, 0.1) is 0 Å². The number of rotatable bonds is 6. The molecule has 1 aliphatic carbocycles. The Balaban J connectivity index is 0.977. The lowest BCUT2D eigenvalue weighted by Gasteiger charge is -2.28. The van der Waals surface area contributed by atoms with Crippen LogP contribution < -0.4 is 4.90 Å². The third-order valence-corrected chi connectivity index (χ3v) is 13.8. The minimum Gasteiger partial charge on any atom is -0.455 e. The van der Waals surface area contributed by atoms with Crippen LogP contribution in [0.15, 0.2) is 223 Å². The number of furan rings is 1. The molecule has 10 aromatic carbocycles. The van der Waals surface area contributed by atoms with Crippen LogP contribution in [0.2, 0.25) is 0 Å². The van der Waals surface area contributed by atoms with Gasteiger partial charge in [-0.25, -0.2) is 0 Å². The largest absolute Gasteiger partial charge is 0.455 e. The molecular weight excluding hydrogens is 777 g/mol. The van der Waals surface area contributed by atoms with Crippen LogP contribution in [0.4, 0.5) is 17.1 Å². The number of hydrogen-bond donors (Lipinski definition) is 0. The summed E-state index contributed by atoms with van der Waals surface area (Å²) < 4.78 is 9.15. The van der Waals surface area contributed by atoms with Crippen LogP contribution in [-0.4, -0.2) is 4.57 Å². The maximum absolute atomic E-state index is 6.78. The van der Waals surface area contributed by atoms with Crippen molar-refractivity contribution in [2.45, 2.75) is 19.3 Å². The summed E-state index contributed by atoms with van der Waals surface area (Å²) in [6, 6.07) is 79.6. The van der Waals surface area contributed by atoms with Crippen molar-refractivity contribution in [1.82, 2.24) is 4.57 Å². The minimum absolute atomic E-state index is 0.0635. The molecule has 0 aliphatic heterocycles. The third-order valence-electron chi connectivity index (χ3n) is 13.8. The van der Waals surface area contributed by atoms with Gasteiger partial charge in [-0.2, -0.15) is 0 Å². The van der Waals surface area contributed by atoms with E-state index < -0.39 is 0 Å². The Morgan fingerprint density at radius 3 is 1.80 bits per heavy atom. The van der Waals surface area contributed by atoms with E-state index in [0.29, 0.717) is 0 Å². The molecule has 0 fully saturated rings. The summed E-state index contributed by atoms with van der Waals surface area (Å²) in [7, 11) is 0. The van der Waals surface area contributed by atoms with Crippen LogP contribution in [0.3, 0.4) is 0 Å². The first-order valence-corrected chi connectivity index (χ1v) is 22.2. The molecule has 0 unspecified atom stereocenters. The quantitative estimate of drug-likeness (QED) is 0.167. The molecule has 0 N–H and O–H groups in total. The zero-order valence-corrected chi connectivity index (χ0v) is 35.6. The van der Waals surface area contributed by atoms with Gasteiger partial charge in [-0.05, 0) is 111 Å². The van der Waals surface area contributed by atoms with E-state index in [9.17, 15) is 0 Å². The molecule has 13 rings (SSSR count). The van der Waals surface area contributed by atoms with E-state index in [1.807, 2.05) is 0 Å². The van der Waals surface area contributed by atoms with Gasteiger partial charge in [0.25, 0.3) is 0 Å². The van der Waals surface area contributed by atoms with Crippen molar-refractivity contribution in [2.24, 2.45) is 0 Å². The number of nitrogens with zero attached hydrogens (tertiary/aromatic N) is 2. The van der Waals surface area contributed by atoms with E-state index in [2.05, 4.69) is 242 Å². The van der Waals surface area contributed by atoms with Gasteiger partial charge in [0, 0.05) is 55.0 Å². The van der Waals surface area contributed by atoms with Gasteiger partial charge in [-0.15, -0.1) is 0 Å². The Morgan fingerprint density at radius 1 is 0.406 bits per heavy atom. The number of benzene rings is 10. The van der Waals surface area contributed by atoms with Gasteiger partial charge in [0.15, 0.2) is 0 Å². The Bertz CT molecular complexity index is 3750. The van der Waals surface area contributed by atoms with Gasteiger partial charge < -0.3 is 13.9 Å². The minimum atomic E-state index is -0.0635. The van der Waals surface area contributed by atoms with Crippen LogP contribution in [0.1, 0.15) is 25.0 Å². The Morgan fingerprint density at radius 2 is 1.02 bits per heavy atom. The molecule has 0 atom stereocenters. The fourth-order valence-corrected chi connectivity index (χ4v) is 10.7. The maximum atomic E-state index is 6.78. The first kappa shape index (κ1) is 36.5. The molecule has 0 saturated carbocycles. The number of fused-ring (bicyclic) bond motifs is 10. The van der Waals surface area contributed by atoms with E-state index in [1.165, 1.54) is 66.0 Å². The summed E-state index contributed by atoms with van der Waals surface area (Å²) in [5.74, 6) is 0. The maximum Gasteiger partial charge on any atom is 0.143 e. The molecule has 0 spiro atoms. The molecule has 1 aliphatic rings. The molecule has 0 saturated heterocycles. The average Bonchev–Trinajstić information content (AvgIpc) is 3.97. The molecule has 2 heterocycles. The number of aromatic nitrogens is 1. The fraction of sp³-hybridized carbons (Fsp3) is 0.0492. The molecule has 0 bridgehead atoms. The summed E-state index contributed by atoms with van der Waals surface area (Å²) in [6.07, 6.45) is 0. The highest BCUT2D eigenvalue weighted by atomic mass is 16.3. The highest BCUT2D eigenvalue weighted by Gasteiger charge is 2.35. The summed E-state index contributed by atoms with van der Waals surface area (Å²) in [5, 5.41) is 7.06. The molecule has 0 radical (unpaired) electrons. The second-order valence-electron chi connectivity index (χ2n) is 17.7. The van der Waals surface area contributed by atoms with Crippen LogP contribution in [-0.2, 0) is 5.41 Å². The third kappa shape index (κ3) is 5.47. The Kier molecular flexibility index (Phi) is 7.95. The lowest BCUT2D eigenvalue weighted by atomic mass is 9.81. The summed E-state index contributed by atoms with van der Waals surface area (Å²) in [6.45, 7) is 4.70. The van der Waals surface area contributed by atoms with Crippen LogP contribution in [0.25, 0.3) is 93.6 Å². The van der Waals surface area contributed by atoms with Crippen molar-refractivity contribution in [3.05, 3.63) is 230 Å². The standard InChI is InChI=1S/C61H42N2O/c1-61(2)54-21-9-5-17-47(54)48-35-30-42(36-55(48)61)39-26-31-43(32-27-39)62(56-24-13-15-40-14-3-4-16-46(40)56)45-37-52(60-53(38-45)51-20-8-12-25-59(51)64-60)41-28-33-44(34-29-41)63-57-22-10-6-18-49(57)50-19-7-11-23-58(50)63/h3-38H,1-2H3. The van der Waals surface area contributed by atoms with Crippen molar-refractivity contribution in [2.75, 3.05) is 4.90 Å². The van der Waals surface area contributed by atoms with Gasteiger partial charge in [0.2, 0.25) is 0 Å². The lowest BCUT2D eigenvalue weighted by Crippen LogP contribution is -2.14. The first-order valence-electron chi connectivity index (χ1n) is 22.2. The number of para-hydroxylation sites is 3. The van der Waals surface area contributed by atoms with Crippen molar-refractivity contribution in [1.29, 1.82) is 0 Å². The van der Waals surface area contributed by atoms with Crippen molar-refractivity contribution >= 4 is 71.6 Å². The van der Waals surface area contributed by atoms with Gasteiger partial charge in [-0.3, -0.25) is 0 Å². The smallest absolute Gasteiger partial charge is 0.143 e. The topological polar surface area (TPSA) is 21.3 Å². The zero-order valence-electron chi connectivity index (χ0n) is 35.6. The predicted octanol–water partition coefficient (Wildman–Crippen LogP) is 16.9. The van der Waals surface area contributed by atoms with E-state index in [1.54, 1.807) is 0 Å². The van der Waals surface area contributed by atoms with E-state index >= 15 is 0 Å². The molecule has 2 aromatic heterocycles. The second-order valence-corrected chi connectivity index (χ2v) is 17.7. The molecular formula is C61H42N2O. The second kappa shape index (κ2) is 13.9. The lowest BCUT2D eigenvalue weighted by molar-refractivity contribution is 0.660. The number of anilines is 3. The van der Waals surface area contributed by atoms with E-state index in [4.69, 9.17) is 4.42 Å². The average molecular weight is 819 g/mol. The first-order chi connectivity index (χ1) is 31.5. The SMILES string of the molecule is CC1(C)c2ccccc2-c2ccc(-c3ccc(N(c4cc(-c5ccc(-n6c7ccccc7c7ccccc76)cc5)c5oc6ccccc6c5c4)c4cccc5ccccc45)cc3)cc21. The van der Waals surface area contributed by atoms with Gasteiger partial charge in [0.1, 0.15) is 11.2 Å². The predicted molar refractivity (Wildman–Crippen MR) is 269 cm³/mol. The zero-order chi connectivity index (χ0) is 42.5. The summed E-state index contributed by atoms with van der Waals surface area (Å²) >= 11 is 0. The van der Waals surface area contributed by atoms with Crippen molar-refractivity contribution < 1.29 is 4.42 Å². The molecule has 12 aromatic rings. The monoisotopic (exact) mass is 818 g/mol. The van der Waals surface area contributed by atoms with Crippen molar-refractivity contribution in [3.63, 3.8) is 0 Å². The molecule has 64 heavy (non-hydrogen) atoms. The highest BCUT2D eigenvalue weighted by molar-refractivity contribution is 6.13. The van der Waals surface area contributed by atoms with Crippen LogP contribution in [0.5, 0.6) is 0 Å². The normalized spacial score (nSPS) is 13.0. The Hall–Kier alpha value is -8.14. The molecule has 0 amide bonds. The molecule has 3 nitrogen and oxygen atoms in total.